The third-order valence-electron chi connectivity index (χ3n) is 3.07. The quantitative estimate of drug-likeness (QED) is 0.846. The summed E-state index contributed by atoms with van der Waals surface area (Å²) in [6, 6.07) is 14.5. The van der Waals surface area contributed by atoms with Gasteiger partial charge in [0.2, 0.25) is 10.0 Å². The van der Waals surface area contributed by atoms with Gasteiger partial charge < -0.3 is 5.73 Å². The van der Waals surface area contributed by atoms with Gasteiger partial charge in [0.25, 0.3) is 0 Å². The number of hydrogen-bond donors (Lipinski definition) is 2. The highest BCUT2D eigenvalue weighted by Gasteiger charge is 2.21. The Morgan fingerprint density at radius 2 is 1.76 bits per heavy atom. The van der Waals surface area contributed by atoms with Crippen molar-refractivity contribution in [3.05, 3.63) is 59.7 Å². The molecule has 0 aliphatic heterocycles. The summed E-state index contributed by atoms with van der Waals surface area (Å²) in [5.41, 5.74) is 7.14. The number of nitrogen functional groups attached to an aromatic ring is 1. The Morgan fingerprint density at radius 1 is 1.14 bits per heavy atom. The maximum atomic E-state index is 12.4. The molecule has 0 amide bonds. The van der Waals surface area contributed by atoms with E-state index in [4.69, 9.17) is 11.0 Å². The molecular weight excluding hydrogens is 286 g/mol. The van der Waals surface area contributed by atoms with Crippen molar-refractivity contribution in [2.24, 2.45) is 0 Å². The molecule has 0 spiro atoms. The van der Waals surface area contributed by atoms with Crippen LogP contribution in [0.25, 0.3) is 0 Å². The Balaban J connectivity index is 2.29. The Morgan fingerprint density at radius 3 is 2.38 bits per heavy atom. The van der Waals surface area contributed by atoms with Gasteiger partial charge in [0, 0.05) is 11.7 Å². The van der Waals surface area contributed by atoms with Crippen molar-refractivity contribution in [1.29, 1.82) is 5.26 Å². The number of benzene rings is 2. The van der Waals surface area contributed by atoms with Gasteiger partial charge in [-0.05, 0) is 36.8 Å². The zero-order valence-electron chi connectivity index (χ0n) is 11.4. The highest BCUT2D eigenvalue weighted by Crippen LogP contribution is 2.20. The summed E-state index contributed by atoms with van der Waals surface area (Å²) in [7, 11) is -3.76. The number of hydrogen-bond acceptors (Lipinski definition) is 4. The minimum Gasteiger partial charge on any atom is -0.399 e. The van der Waals surface area contributed by atoms with Crippen molar-refractivity contribution >= 4 is 15.7 Å². The van der Waals surface area contributed by atoms with E-state index in [0.29, 0.717) is 5.69 Å². The molecule has 1 unspecified atom stereocenters. The highest BCUT2D eigenvalue weighted by molar-refractivity contribution is 7.89. The molecule has 2 rings (SSSR count). The molecule has 2 aromatic rings. The van der Waals surface area contributed by atoms with Gasteiger partial charge >= 0.3 is 0 Å². The van der Waals surface area contributed by atoms with Crippen molar-refractivity contribution in [2.75, 3.05) is 5.73 Å². The van der Waals surface area contributed by atoms with Gasteiger partial charge in [0.15, 0.2) is 0 Å². The first-order valence-corrected chi connectivity index (χ1v) is 7.79. The number of anilines is 1. The number of rotatable bonds is 4. The van der Waals surface area contributed by atoms with Crippen molar-refractivity contribution in [3.8, 4) is 6.07 Å². The fourth-order valence-corrected chi connectivity index (χ4v) is 3.33. The van der Waals surface area contributed by atoms with Crippen LogP contribution in [0, 0.1) is 11.3 Å². The van der Waals surface area contributed by atoms with Gasteiger partial charge in [-0.2, -0.15) is 5.26 Å². The summed E-state index contributed by atoms with van der Waals surface area (Å²) < 4.78 is 27.3. The van der Waals surface area contributed by atoms with Crippen molar-refractivity contribution in [2.45, 2.75) is 17.9 Å². The van der Waals surface area contributed by atoms with E-state index in [9.17, 15) is 8.42 Å². The van der Waals surface area contributed by atoms with Crippen LogP contribution >= 0.6 is 0 Å². The van der Waals surface area contributed by atoms with Crippen LogP contribution in [0.3, 0.4) is 0 Å². The first-order valence-electron chi connectivity index (χ1n) is 6.31. The second-order valence-corrected chi connectivity index (χ2v) is 6.30. The van der Waals surface area contributed by atoms with E-state index in [0.717, 1.165) is 5.56 Å². The van der Waals surface area contributed by atoms with Gasteiger partial charge in [-0.3, -0.25) is 0 Å². The third kappa shape index (κ3) is 3.40. The zero-order valence-corrected chi connectivity index (χ0v) is 12.3. The third-order valence-corrected chi connectivity index (χ3v) is 4.66. The first kappa shape index (κ1) is 15.0. The number of nitrogens with zero attached hydrogens (tertiary/aromatic N) is 1. The van der Waals surface area contributed by atoms with Gasteiger partial charge in [-0.25, -0.2) is 13.1 Å². The Kier molecular flexibility index (Phi) is 4.26. The van der Waals surface area contributed by atoms with E-state index in [2.05, 4.69) is 4.72 Å². The van der Waals surface area contributed by atoms with Crippen LogP contribution in [0.4, 0.5) is 5.69 Å². The molecule has 2 aromatic carbocycles. The monoisotopic (exact) mass is 301 g/mol. The first-order chi connectivity index (χ1) is 9.94. The van der Waals surface area contributed by atoms with Crippen molar-refractivity contribution in [1.82, 2.24) is 4.72 Å². The maximum absolute atomic E-state index is 12.4. The molecular formula is C15H15N3O2S. The van der Waals surface area contributed by atoms with Crippen LogP contribution in [-0.2, 0) is 10.0 Å². The van der Waals surface area contributed by atoms with Crippen LogP contribution in [-0.4, -0.2) is 8.42 Å². The van der Waals surface area contributed by atoms with E-state index < -0.39 is 16.1 Å². The molecule has 0 fully saturated rings. The summed E-state index contributed by atoms with van der Waals surface area (Å²) in [6.45, 7) is 1.73. The fraction of sp³-hybridized carbons (Fsp3) is 0.133. The molecule has 3 N–H and O–H groups in total. The molecule has 0 aliphatic carbocycles. The normalized spacial score (nSPS) is 12.6. The number of nitriles is 1. The van der Waals surface area contributed by atoms with Gasteiger partial charge in [0.05, 0.1) is 10.5 Å². The van der Waals surface area contributed by atoms with Crippen LogP contribution in [0.1, 0.15) is 24.1 Å². The lowest BCUT2D eigenvalue weighted by Crippen LogP contribution is -2.27. The molecule has 0 aliphatic rings. The molecule has 0 saturated heterocycles. The van der Waals surface area contributed by atoms with Crippen LogP contribution in [0.5, 0.6) is 0 Å². The molecule has 21 heavy (non-hydrogen) atoms. The minimum absolute atomic E-state index is 0.0187. The minimum atomic E-state index is -3.76. The van der Waals surface area contributed by atoms with E-state index in [1.54, 1.807) is 43.3 Å². The Labute approximate surface area is 124 Å². The summed E-state index contributed by atoms with van der Waals surface area (Å²) in [5.74, 6) is 0. The Bertz CT molecular complexity index is 777. The molecule has 108 valence electrons. The second kappa shape index (κ2) is 5.95. The summed E-state index contributed by atoms with van der Waals surface area (Å²) >= 11 is 0. The van der Waals surface area contributed by atoms with E-state index in [1.165, 1.54) is 12.1 Å². The fourth-order valence-electron chi connectivity index (χ4n) is 1.94. The van der Waals surface area contributed by atoms with E-state index in [-0.39, 0.29) is 10.5 Å². The summed E-state index contributed by atoms with van der Waals surface area (Å²) in [5, 5.41) is 9.01. The van der Waals surface area contributed by atoms with Crippen molar-refractivity contribution in [3.63, 3.8) is 0 Å². The van der Waals surface area contributed by atoms with Crippen molar-refractivity contribution < 1.29 is 8.42 Å². The van der Waals surface area contributed by atoms with Gasteiger partial charge in [0.1, 0.15) is 6.07 Å². The zero-order chi connectivity index (χ0) is 15.5. The van der Waals surface area contributed by atoms with Gasteiger partial charge in [-0.1, -0.05) is 24.3 Å². The maximum Gasteiger partial charge on any atom is 0.242 e. The summed E-state index contributed by atoms with van der Waals surface area (Å²) in [6.07, 6.45) is 0. The molecule has 0 radical (unpaired) electrons. The average Bonchev–Trinajstić information content (AvgIpc) is 2.47. The lowest BCUT2D eigenvalue weighted by molar-refractivity contribution is 0.566. The lowest BCUT2D eigenvalue weighted by Gasteiger charge is -2.15. The van der Waals surface area contributed by atoms with E-state index in [1.807, 2.05) is 6.07 Å². The number of nitrogens with two attached hydrogens (primary N) is 1. The highest BCUT2D eigenvalue weighted by atomic mass is 32.2. The molecule has 0 bridgehead atoms. The average molecular weight is 301 g/mol. The lowest BCUT2D eigenvalue weighted by atomic mass is 10.1. The van der Waals surface area contributed by atoms with E-state index >= 15 is 0 Å². The Hall–Kier alpha value is -2.36. The largest absolute Gasteiger partial charge is 0.399 e. The SMILES string of the molecule is CC(NS(=O)(=O)c1ccccc1C#N)c1ccc(N)cc1. The summed E-state index contributed by atoms with van der Waals surface area (Å²) in [4.78, 5) is -0.0187. The number of sulfonamides is 1. The topological polar surface area (TPSA) is 96.0 Å². The molecule has 1 atom stereocenters. The van der Waals surface area contributed by atoms with Crippen LogP contribution in [0.2, 0.25) is 0 Å². The van der Waals surface area contributed by atoms with Crippen LogP contribution in [0.15, 0.2) is 53.4 Å². The number of nitrogens with one attached hydrogen (secondary N) is 1. The standard InChI is InChI=1S/C15H15N3O2S/c1-11(12-6-8-14(17)9-7-12)18-21(19,20)15-5-3-2-4-13(15)10-16/h2-9,11,18H,17H2,1H3. The molecule has 6 heteroatoms. The van der Waals surface area contributed by atoms with Crippen LogP contribution < -0.4 is 10.5 Å². The predicted octanol–water partition coefficient (Wildman–Crippen LogP) is 2.18. The molecule has 0 saturated carbocycles. The second-order valence-electron chi connectivity index (χ2n) is 4.62. The molecule has 5 nitrogen and oxygen atoms in total. The van der Waals surface area contributed by atoms with Gasteiger partial charge in [-0.15, -0.1) is 0 Å². The predicted molar refractivity (Wildman–Crippen MR) is 80.7 cm³/mol. The molecule has 0 heterocycles. The molecule has 0 aromatic heterocycles. The smallest absolute Gasteiger partial charge is 0.242 e.